The maximum absolute atomic E-state index is 12.9. The molecule has 2 N–H and O–H groups in total. The van der Waals surface area contributed by atoms with Crippen molar-refractivity contribution in [1.82, 2.24) is 9.97 Å². The van der Waals surface area contributed by atoms with Gasteiger partial charge in [0.25, 0.3) is 0 Å². The molecular formula is C15H16ClF3N4O. The van der Waals surface area contributed by atoms with Gasteiger partial charge in [-0.1, -0.05) is 11.6 Å². The zero-order chi connectivity index (χ0) is 17.6. The number of alkyl halides is 3. The van der Waals surface area contributed by atoms with Crippen LogP contribution in [-0.4, -0.2) is 30.2 Å². The third-order valence-electron chi connectivity index (χ3n) is 3.04. The van der Waals surface area contributed by atoms with Crippen molar-refractivity contribution in [3.63, 3.8) is 0 Å². The maximum Gasteiger partial charge on any atom is 0.417 e. The van der Waals surface area contributed by atoms with Gasteiger partial charge in [0, 0.05) is 32.0 Å². The molecule has 130 valence electrons. The lowest BCUT2D eigenvalue weighted by atomic mass is 10.2. The van der Waals surface area contributed by atoms with Crippen molar-refractivity contribution >= 4 is 28.9 Å². The molecule has 0 aliphatic rings. The first-order valence-corrected chi connectivity index (χ1v) is 7.46. The first-order chi connectivity index (χ1) is 11.4. The van der Waals surface area contributed by atoms with Crippen molar-refractivity contribution < 1.29 is 17.9 Å². The van der Waals surface area contributed by atoms with Gasteiger partial charge in [-0.15, -0.1) is 0 Å². The van der Waals surface area contributed by atoms with Gasteiger partial charge < -0.3 is 15.4 Å². The van der Waals surface area contributed by atoms with Gasteiger partial charge in [-0.25, -0.2) is 9.97 Å². The van der Waals surface area contributed by atoms with E-state index in [1.54, 1.807) is 13.2 Å². The molecule has 1 heterocycles. The number of methoxy groups -OCH3 is 1. The lowest BCUT2D eigenvalue weighted by Crippen LogP contribution is -2.08. The lowest BCUT2D eigenvalue weighted by molar-refractivity contribution is -0.137. The number of hydrogen-bond acceptors (Lipinski definition) is 5. The fourth-order valence-electron chi connectivity index (χ4n) is 1.92. The molecule has 0 aliphatic heterocycles. The number of ether oxygens (including phenoxy) is 1. The quantitative estimate of drug-likeness (QED) is 0.719. The number of hydrogen-bond donors (Lipinski definition) is 2. The largest absolute Gasteiger partial charge is 0.417 e. The summed E-state index contributed by atoms with van der Waals surface area (Å²) < 4.78 is 43.6. The van der Waals surface area contributed by atoms with E-state index in [2.05, 4.69) is 20.6 Å². The summed E-state index contributed by atoms with van der Waals surface area (Å²) in [6, 6.07) is 5.19. The summed E-state index contributed by atoms with van der Waals surface area (Å²) in [5.74, 6) is 0.934. The van der Waals surface area contributed by atoms with E-state index in [9.17, 15) is 13.2 Å². The zero-order valence-corrected chi connectivity index (χ0v) is 13.6. The molecule has 0 atom stereocenters. The van der Waals surface area contributed by atoms with Crippen LogP contribution in [-0.2, 0) is 10.9 Å². The molecule has 1 aromatic carbocycles. The van der Waals surface area contributed by atoms with Crippen molar-refractivity contribution in [2.24, 2.45) is 0 Å². The third kappa shape index (κ3) is 5.24. The van der Waals surface area contributed by atoms with Crippen LogP contribution in [0, 0.1) is 0 Å². The van der Waals surface area contributed by atoms with E-state index in [4.69, 9.17) is 16.3 Å². The molecule has 0 bridgehead atoms. The Labute approximate surface area is 142 Å². The van der Waals surface area contributed by atoms with Crippen LogP contribution in [0.4, 0.5) is 30.5 Å². The summed E-state index contributed by atoms with van der Waals surface area (Å²) >= 11 is 5.60. The van der Waals surface area contributed by atoms with Gasteiger partial charge in [-0.05, 0) is 24.6 Å². The molecular weight excluding hydrogens is 345 g/mol. The van der Waals surface area contributed by atoms with Gasteiger partial charge in [0.15, 0.2) is 0 Å². The summed E-state index contributed by atoms with van der Waals surface area (Å²) in [6.07, 6.45) is -2.40. The predicted octanol–water partition coefficient (Wildman–Crippen LogP) is 4.34. The first kappa shape index (κ1) is 18.3. The Hall–Kier alpha value is -2.06. The van der Waals surface area contributed by atoms with Gasteiger partial charge in [-0.3, -0.25) is 0 Å². The Balaban J connectivity index is 2.08. The number of anilines is 3. The van der Waals surface area contributed by atoms with Crippen molar-refractivity contribution in [1.29, 1.82) is 0 Å². The molecule has 5 nitrogen and oxygen atoms in total. The number of nitrogens with one attached hydrogen (secondary N) is 2. The van der Waals surface area contributed by atoms with Crippen LogP contribution < -0.4 is 10.6 Å². The second-order valence-corrected chi connectivity index (χ2v) is 5.29. The number of benzene rings is 1. The van der Waals surface area contributed by atoms with Crippen LogP contribution in [0.5, 0.6) is 0 Å². The monoisotopic (exact) mass is 360 g/mol. The van der Waals surface area contributed by atoms with Crippen LogP contribution in [0.3, 0.4) is 0 Å². The van der Waals surface area contributed by atoms with Gasteiger partial charge in [-0.2, -0.15) is 13.2 Å². The van der Waals surface area contributed by atoms with E-state index in [1.807, 2.05) is 0 Å². The average Bonchev–Trinajstić information content (AvgIpc) is 2.53. The standard InChI is InChI=1S/C15H16ClF3N4O/c1-24-6-2-5-20-13-8-14(22-9-21-13)23-10-3-4-12(16)11(7-10)15(17,18)19/h3-4,7-9H,2,5-6H2,1H3,(H2,20,21,22,23). The fraction of sp³-hybridized carbons (Fsp3) is 0.333. The van der Waals surface area contributed by atoms with Crippen LogP contribution >= 0.6 is 11.6 Å². The summed E-state index contributed by atoms with van der Waals surface area (Å²) in [4.78, 5) is 8.04. The molecule has 1 aromatic heterocycles. The SMILES string of the molecule is COCCCNc1cc(Nc2ccc(Cl)c(C(F)(F)F)c2)ncn1. The Morgan fingerprint density at radius 2 is 1.92 bits per heavy atom. The molecule has 24 heavy (non-hydrogen) atoms. The Kier molecular flexibility index (Phi) is 6.22. The van der Waals surface area contributed by atoms with E-state index in [0.717, 1.165) is 12.5 Å². The van der Waals surface area contributed by atoms with Crippen molar-refractivity contribution in [2.45, 2.75) is 12.6 Å². The highest BCUT2D eigenvalue weighted by Crippen LogP contribution is 2.36. The minimum absolute atomic E-state index is 0.232. The van der Waals surface area contributed by atoms with Crippen molar-refractivity contribution in [3.8, 4) is 0 Å². The molecule has 0 amide bonds. The van der Waals surface area contributed by atoms with Crippen LogP contribution in [0.15, 0.2) is 30.6 Å². The van der Waals surface area contributed by atoms with Crippen molar-refractivity contribution in [3.05, 3.63) is 41.2 Å². The Morgan fingerprint density at radius 1 is 1.17 bits per heavy atom. The minimum Gasteiger partial charge on any atom is -0.385 e. The van der Waals surface area contributed by atoms with Crippen molar-refractivity contribution in [2.75, 3.05) is 30.9 Å². The van der Waals surface area contributed by atoms with Crippen LogP contribution in [0.2, 0.25) is 5.02 Å². The zero-order valence-electron chi connectivity index (χ0n) is 12.8. The maximum atomic E-state index is 12.9. The summed E-state index contributed by atoms with van der Waals surface area (Å²) in [6.45, 7) is 1.28. The van der Waals surface area contributed by atoms with Gasteiger partial charge in [0.2, 0.25) is 0 Å². The van der Waals surface area contributed by atoms with E-state index < -0.39 is 11.7 Å². The first-order valence-electron chi connectivity index (χ1n) is 7.09. The predicted molar refractivity (Wildman–Crippen MR) is 86.8 cm³/mol. The van der Waals surface area contributed by atoms with E-state index in [0.29, 0.717) is 24.8 Å². The minimum atomic E-state index is -4.52. The lowest BCUT2D eigenvalue weighted by Gasteiger charge is -2.12. The molecule has 9 heteroatoms. The molecule has 2 rings (SSSR count). The molecule has 2 aromatic rings. The van der Waals surface area contributed by atoms with Crippen LogP contribution in [0.1, 0.15) is 12.0 Å². The smallest absolute Gasteiger partial charge is 0.385 e. The molecule has 0 unspecified atom stereocenters. The van der Waals surface area contributed by atoms with E-state index >= 15 is 0 Å². The van der Waals surface area contributed by atoms with Gasteiger partial charge in [0.05, 0.1) is 10.6 Å². The van der Waals surface area contributed by atoms with Crippen LogP contribution in [0.25, 0.3) is 0 Å². The topological polar surface area (TPSA) is 59.1 Å². The fourth-order valence-corrected chi connectivity index (χ4v) is 2.15. The number of rotatable bonds is 7. The Bertz CT molecular complexity index is 682. The highest BCUT2D eigenvalue weighted by Gasteiger charge is 2.33. The van der Waals surface area contributed by atoms with Gasteiger partial charge >= 0.3 is 6.18 Å². The molecule has 0 fully saturated rings. The highest BCUT2D eigenvalue weighted by atomic mass is 35.5. The molecule has 0 saturated carbocycles. The van der Waals surface area contributed by atoms with E-state index in [1.165, 1.54) is 18.5 Å². The van der Waals surface area contributed by atoms with E-state index in [-0.39, 0.29) is 10.7 Å². The molecule has 0 aliphatic carbocycles. The second-order valence-electron chi connectivity index (χ2n) is 4.88. The summed E-state index contributed by atoms with van der Waals surface area (Å²) in [5, 5.41) is 5.54. The summed E-state index contributed by atoms with van der Waals surface area (Å²) in [5.41, 5.74) is -0.670. The number of halogens is 4. The third-order valence-corrected chi connectivity index (χ3v) is 3.37. The number of nitrogens with zero attached hydrogens (tertiary/aromatic N) is 2. The Morgan fingerprint density at radius 3 is 2.62 bits per heavy atom. The molecule has 0 spiro atoms. The molecule has 0 saturated heterocycles. The molecule has 0 radical (unpaired) electrons. The van der Waals surface area contributed by atoms with Gasteiger partial charge in [0.1, 0.15) is 18.0 Å². The highest BCUT2D eigenvalue weighted by molar-refractivity contribution is 6.31. The number of aromatic nitrogens is 2. The average molecular weight is 361 g/mol. The summed E-state index contributed by atoms with van der Waals surface area (Å²) in [7, 11) is 1.62. The normalized spacial score (nSPS) is 11.4. The second kappa shape index (κ2) is 8.16.